The van der Waals surface area contributed by atoms with Gasteiger partial charge in [0.25, 0.3) is 0 Å². The molecule has 0 aliphatic heterocycles. The third kappa shape index (κ3) is 4.26. The molecule has 0 aromatic heterocycles. The van der Waals surface area contributed by atoms with E-state index in [2.05, 4.69) is 34.3 Å². The molecule has 9 heavy (non-hydrogen) atoms. The van der Waals surface area contributed by atoms with Crippen molar-refractivity contribution in [2.45, 2.75) is 27.2 Å². The second-order valence-electron chi connectivity index (χ2n) is 3.50. The van der Waals surface area contributed by atoms with Gasteiger partial charge in [-0.05, 0) is 17.8 Å². The van der Waals surface area contributed by atoms with Gasteiger partial charge < -0.3 is 0 Å². The van der Waals surface area contributed by atoms with E-state index in [0.29, 0.717) is 5.92 Å². The summed E-state index contributed by atoms with van der Waals surface area (Å²) in [5, 5.41) is 0. The van der Waals surface area contributed by atoms with Gasteiger partial charge in [0.1, 0.15) is 0 Å². The molecule has 1 radical (unpaired) electrons. The fraction of sp³-hybridized carbons (Fsp3) is 0.667. The Kier molecular flexibility index (Phi) is 2.96. The van der Waals surface area contributed by atoms with Gasteiger partial charge in [-0.2, -0.15) is 0 Å². The fourth-order valence-electron chi connectivity index (χ4n) is 0.981. The molecule has 0 saturated carbocycles. The number of hydrogen-bond donors (Lipinski definition) is 0. The molecule has 0 N–H and O–H groups in total. The molecule has 1 atom stereocenters. The van der Waals surface area contributed by atoms with Crippen molar-refractivity contribution >= 4 is 0 Å². The van der Waals surface area contributed by atoms with Crippen LogP contribution in [0.15, 0.2) is 12.7 Å². The highest BCUT2D eigenvalue weighted by Gasteiger charge is 2.13. The lowest BCUT2D eigenvalue weighted by Crippen LogP contribution is -2.10. The minimum Gasteiger partial charge on any atom is -0.103 e. The van der Waals surface area contributed by atoms with E-state index >= 15 is 0 Å². The lowest BCUT2D eigenvalue weighted by atomic mass is 9.84. The monoisotopic (exact) mass is 125 g/mol. The van der Waals surface area contributed by atoms with Gasteiger partial charge in [0, 0.05) is 0 Å². The molecular weight excluding hydrogens is 108 g/mol. The van der Waals surface area contributed by atoms with Crippen LogP contribution in [0.1, 0.15) is 27.2 Å². The SMILES string of the molecule is [CH2]C(C)CC(C)(C)C=C. The topological polar surface area (TPSA) is 0 Å². The molecule has 0 aromatic rings. The van der Waals surface area contributed by atoms with E-state index in [1.54, 1.807) is 0 Å². The number of hydrogen-bond acceptors (Lipinski definition) is 0. The largest absolute Gasteiger partial charge is 0.103 e. The average Bonchev–Trinajstić information content (AvgIpc) is 1.63. The van der Waals surface area contributed by atoms with Gasteiger partial charge in [0.05, 0.1) is 0 Å². The first-order chi connectivity index (χ1) is 3.98. The van der Waals surface area contributed by atoms with Crippen LogP contribution in [0.5, 0.6) is 0 Å². The second kappa shape index (κ2) is 3.05. The molecular formula is C9H17. The zero-order valence-electron chi connectivity index (χ0n) is 6.78. The quantitative estimate of drug-likeness (QED) is 0.508. The summed E-state index contributed by atoms with van der Waals surface area (Å²) in [5.74, 6) is 0.526. The molecule has 0 heterocycles. The van der Waals surface area contributed by atoms with Crippen LogP contribution in [0.3, 0.4) is 0 Å². The third-order valence-corrected chi connectivity index (χ3v) is 1.43. The van der Waals surface area contributed by atoms with Crippen molar-refractivity contribution in [3.8, 4) is 0 Å². The summed E-state index contributed by atoms with van der Waals surface area (Å²) < 4.78 is 0. The molecule has 0 fully saturated rings. The maximum Gasteiger partial charge on any atom is -0.0175 e. The van der Waals surface area contributed by atoms with Gasteiger partial charge in [0.2, 0.25) is 0 Å². The van der Waals surface area contributed by atoms with Crippen molar-refractivity contribution in [1.82, 2.24) is 0 Å². The summed E-state index contributed by atoms with van der Waals surface area (Å²) in [6, 6.07) is 0. The molecule has 0 aromatic carbocycles. The normalized spacial score (nSPS) is 12.1. The number of rotatable bonds is 3. The first-order valence-corrected chi connectivity index (χ1v) is 3.44. The van der Waals surface area contributed by atoms with Crippen LogP contribution in [0.4, 0.5) is 0 Å². The highest BCUT2D eigenvalue weighted by molar-refractivity contribution is 4.88. The lowest BCUT2D eigenvalue weighted by Gasteiger charge is -2.21. The maximum atomic E-state index is 3.92. The van der Waals surface area contributed by atoms with Crippen LogP contribution < -0.4 is 0 Å². The molecule has 0 bridgehead atoms. The van der Waals surface area contributed by atoms with Gasteiger partial charge in [0.15, 0.2) is 0 Å². The first kappa shape index (κ1) is 8.74. The molecule has 0 amide bonds. The van der Waals surface area contributed by atoms with Crippen molar-refractivity contribution < 1.29 is 0 Å². The standard InChI is InChI=1S/C9H17/c1-6-9(4,5)7-8(2)3/h6,8H,1-2,7H2,3-5H3. The minimum absolute atomic E-state index is 0.265. The summed E-state index contributed by atoms with van der Waals surface area (Å²) in [5.41, 5.74) is 0.265. The molecule has 0 saturated heterocycles. The van der Waals surface area contributed by atoms with E-state index < -0.39 is 0 Å². The molecule has 0 heteroatoms. The summed E-state index contributed by atoms with van der Waals surface area (Å²) in [6.07, 6.45) is 3.12. The highest BCUT2D eigenvalue weighted by atomic mass is 14.2. The Morgan fingerprint density at radius 1 is 1.56 bits per heavy atom. The van der Waals surface area contributed by atoms with Gasteiger partial charge in [-0.25, -0.2) is 0 Å². The Balaban J connectivity index is 3.71. The van der Waals surface area contributed by atoms with E-state index in [1.165, 1.54) is 0 Å². The minimum atomic E-state index is 0.265. The molecule has 0 aliphatic rings. The molecule has 0 rings (SSSR count). The van der Waals surface area contributed by atoms with Crippen LogP contribution in [0.25, 0.3) is 0 Å². The fourth-order valence-corrected chi connectivity index (χ4v) is 0.981. The molecule has 53 valence electrons. The first-order valence-electron chi connectivity index (χ1n) is 3.44. The van der Waals surface area contributed by atoms with Gasteiger partial charge >= 0.3 is 0 Å². The maximum absolute atomic E-state index is 3.92. The summed E-state index contributed by atoms with van der Waals surface area (Å²) >= 11 is 0. The van der Waals surface area contributed by atoms with Crippen molar-refractivity contribution in [1.29, 1.82) is 0 Å². The average molecular weight is 125 g/mol. The van der Waals surface area contributed by atoms with Crippen LogP contribution >= 0.6 is 0 Å². The van der Waals surface area contributed by atoms with E-state index in [-0.39, 0.29) is 5.41 Å². The van der Waals surface area contributed by atoms with Crippen molar-refractivity contribution in [2.24, 2.45) is 11.3 Å². The third-order valence-electron chi connectivity index (χ3n) is 1.43. The Morgan fingerprint density at radius 2 is 2.00 bits per heavy atom. The van der Waals surface area contributed by atoms with E-state index in [0.717, 1.165) is 6.42 Å². The number of allylic oxidation sites excluding steroid dienone is 1. The van der Waals surface area contributed by atoms with Crippen LogP contribution in [-0.2, 0) is 0 Å². The predicted molar refractivity (Wildman–Crippen MR) is 43.1 cm³/mol. The van der Waals surface area contributed by atoms with E-state index in [4.69, 9.17) is 0 Å². The second-order valence-corrected chi connectivity index (χ2v) is 3.50. The van der Waals surface area contributed by atoms with Gasteiger partial charge in [-0.1, -0.05) is 33.8 Å². The van der Waals surface area contributed by atoms with E-state index in [9.17, 15) is 0 Å². The van der Waals surface area contributed by atoms with Gasteiger partial charge in [-0.15, -0.1) is 6.58 Å². The summed E-state index contributed by atoms with van der Waals surface area (Å²) in [4.78, 5) is 0. The smallest absolute Gasteiger partial charge is 0.0175 e. The molecule has 0 nitrogen and oxygen atoms in total. The zero-order chi connectivity index (χ0) is 7.49. The summed E-state index contributed by atoms with van der Waals surface area (Å²) in [6.45, 7) is 14.2. The Bertz CT molecular complexity index is 88.2. The molecule has 1 unspecified atom stereocenters. The highest BCUT2D eigenvalue weighted by Crippen LogP contribution is 2.25. The van der Waals surface area contributed by atoms with Crippen molar-refractivity contribution in [3.63, 3.8) is 0 Å². The van der Waals surface area contributed by atoms with Crippen LogP contribution in [0, 0.1) is 18.3 Å². The molecule has 0 spiro atoms. The Morgan fingerprint density at radius 3 is 2.11 bits per heavy atom. The van der Waals surface area contributed by atoms with Crippen LogP contribution in [0.2, 0.25) is 0 Å². The molecule has 0 aliphatic carbocycles. The van der Waals surface area contributed by atoms with Crippen LogP contribution in [-0.4, -0.2) is 0 Å². The summed E-state index contributed by atoms with van der Waals surface area (Å²) in [7, 11) is 0. The lowest BCUT2D eigenvalue weighted by molar-refractivity contribution is 0.386. The van der Waals surface area contributed by atoms with Gasteiger partial charge in [-0.3, -0.25) is 0 Å². The predicted octanol–water partition coefficient (Wildman–Crippen LogP) is 3.06. The van der Waals surface area contributed by atoms with Crippen molar-refractivity contribution in [3.05, 3.63) is 19.6 Å². The zero-order valence-corrected chi connectivity index (χ0v) is 6.78. The van der Waals surface area contributed by atoms with E-state index in [1.807, 2.05) is 6.08 Å². The Labute approximate surface area is 59.0 Å². The Hall–Kier alpha value is -0.260. The van der Waals surface area contributed by atoms with Crippen molar-refractivity contribution in [2.75, 3.05) is 0 Å².